The maximum absolute atomic E-state index is 12.2. The fourth-order valence-corrected chi connectivity index (χ4v) is 3.41. The lowest BCUT2D eigenvalue weighted by atomic mass is 10.1. The Bertz CT molecular complexity index is 957. The Balaban J connectivity index is 2.38. The number of primary sulfonamides is 1. The van der Waals surface area contributed by atoms with E-state index < -0.39 is 36.4 Å². The number of benzene rings is 1. The topological polar surface area (TPSA) is 173 Å². The maximum atomic E-state index is 12.2. The second kappa shape index (κ2) is 5.61. The second-order valence-electron chi connectivity index (χ2n) is 4.53. The second-order valence-corrected chi connectivity index (χ2v) is 7.75. The number of nitrogens with one attached hydrogen (secondary N) is 2. The largest absolute Gasteiger partial charge is 0.399 e. The molecule has 0 amide bonds. The zero-order valence-corrected chi connectivity index (χ0v) is 13.1. The number of hydrogen-bond acceptors (Lipinski definition) is 7. The Hall–Kier alpha value is -2.50. The van der Waals surface area contributed by atoms with Gasteiger partial charge in [-0.05, 0) is 36.4 Å². The lowest BCUT2D eigenvalue weighted by molar-refractivity contribution is -0.109. The van der Waals surface area contributed by atoms with Crippen molar-refractivity contribution in [1.29, 1.82) is 5.41 Å². The smallest absolute Gasteiger partial charge is 0.261 e. The van der Waals surface area contributed by atoms with Gasteiger partial charge in [-0.15, -0.1) is 0 Å². The Morgan fingerprint density at radius 2 is 1.57 bits per heavy atom. The number of ketones is 1. The Kier molecular flexibility index (Phi) is 4.11. The van der Waals surface area contributed by atoms with E-state index in [-0.39, 0.29) is 10.6 Å². The number of nitrogen functional groups attached to an aromatic ring is 1. The summed E-state index contributed by atoms with van der Waals surface area (Å²) in [5.74, 6) is -1.19. The Labute approximate surface area is 132 Å². The van der Waals surface area contributed by atoms with Gasteiger partial charge < -0.3 is 5.73 Å². The number of anilines is 1. The van der Waals surface area contributed by atoms with Crippen molar-refractivity contribution >= 4 is 37.2 Å². The van der Waals surface area contributed by atoms with Gasteiger partial charge in [0, 0.05) is 5.69 Å². The predicted octanol–water partition coefficient (Wildman–Crippen LogP) is -0.794. The first-order valence-electron chi connectivity index (χ1n) is 5.99. The number of rotatable bonds is 4. The number of carbonyl (C=O) groups excluding carboxylic acids is 1. The summed E-state index contributed by atoms with van der Waals surface area (Å²) in [6.45, 7) is 0. The van der Waals surface area contributed by atoms with E-state index in [0.29, 0.717) is 5.69 Å². The van der Waals surface area contributed by atoms with Crippen molar-refractivity contribution in [2.24, 2.45) is 5.14 Å². The molecule has 11 heteroatoms. The van der Waals surface area contributed by atoms with Crippen LogP contribution in [-0.4, -0.2) is 28.3 Å². The average Bonchev–Trinajstić information content (AvgIpc) is 2.43. The summed E-state index contributed by atoms with van der Waals surface area (Å²) in [7, 11) is -8.36. The minimum atomic E-state index is -4.30. The molecule has 122 valence electrons. The van der Waals surface area contributed by atoms with Crippen LogP contribution in [-0.2, 0) is 24.8 Å². The number of carbonyl (C=O) groups is 1. The van der Waals surface area contributed by atoms with Crippen molar-refractivity contribution in [3.8, 4) is 0 Å². The van der Waals surface area contributed by atoms with E-state index in [9.17, 15) is 21.6 Å². The highest BCUT2D eigenvalue weighted by molar-refractivity contribution is 7.94. The maximum Gasteiger partial charge on any atom is 0.261 e. The highest BCUT2D eigenvalue weighted by atomic mass is 32.2. The monoisotopic (exact) mass is 356 g/mol. The van der Waals surface area contributed by atoms with E-state index in [0.717, 1.165) is 12.2 Å². The third kappa shape index (κ3) is 3.47. The van der Waals surface area contributed by atoms with Crippen molar-refractivity contribution in [3.05, 3.63) is 47.0 Å². The van der Waals surface area contributed by atoms with Gasteiger partial charge in [0.1, 0.15) is 10.6 Å². The Morgan fingerprint density at radius 3 is 2.09 bits per heavy atom. The molecule has 1 aliphatic rings. The van der Waals surface area contributed by atoms with Gasteiger partial charge >= 0.3 is 0 Å². The molecule has 23 heavy (non-hydrogen) atoms. The molecule has 0 bridgehead atoms. The molecule has 0 aliphatic heterocycles. The van der Waals surface area contributed by atoms with Crippen LogP contribution in [0.15, 0.2) is 51.9 Å². The summed E-state index contributed by atoms with van der Waals surface area (Å²) < 4.78 is 48.8. The Morgan fingerprint density at radius 1 is 1.00 bits per heavy atom. The zero-order chi connectivity index (χ0) is 17.4. The summed E-state index contributed by atoms with van der Waals surface area (Å²) in [6, 6.07) is 5.24. The molecule has 9 nitrogen and oxygen atoms in total. The number of nitrogens with two attached hydrogens (primary N) is 2. The minimum Gasteiger partial charge on any atom is -0.399 e. The third-order valence-electron chi connectivity index (χ3n) is 2.86. The van der Waals surface area contributed by atoms with Crippen LogP contribution in [0.4, 0.5) is 5.69 Å². The van der Waals surface area contributed by atoms with E-state index in [2.05, 4.69) is 4.72 Å². The van der Waals surface area contributed by atoms with Gasteiger partial charge in [-0.25, -0.2) is 22.0 Å². The summed E-state index contributed by atoms with van der Waals surface area (Å²) >= 11 is 0. The van der Waals surface area contributed by atoms with E-state index in [1.807, 2.05) is 0 Å². The lowest BCUT2D eigenvalue weighted by Gasteiger charge is -2.15. The van der Waals surface area contributed by atoms with Crippen LogP contribution in [0.3, 0.4) is 0 Å². The summed E-state index contributed by atoms with van der Waals surface area (Å²) in [4.78, 5) is 10.9. The third-order valence-corrected chi connectivity index (χ3v) is 5.18. The van der Waals surface area contributed by atoms with Gasteiger partial charge in [0.05, 0.1) is 10.6 Å². The van der Waals surface area contributed by atoms with Gasteiger partial charge in [0.25, 0.3) is 10.0 Å². The highest BCUT2D eigenvalue weighted by Gasteiger charge is 2.31. The van der Waals surface area contributed by atoms with Crippen LogP contribution in [0.5, 0.6) is 0 Å². The van der Waals surface area contributed by atoms with Gasteiger partial charge in [-0.1, -0.05) is 0 Å². The summed E-state index contributed by atoms with van der Waals surface area (Å²) in [6.07, 6.45) is 1.83. The lowest BCUT2D eigenvalue weighted by Crippen LogP contribution is -2.35. The van der Waals surface area contributed by atoms with Gasteiger partial charge in [0.15, 0.2) is 0 Å². The van der Waals surface area contributed by atoms with Crippen LogP contribution in [0.25, 0.3) is 0 Å². The molecule has 1 aromatic carbocycles. The average molecular weight is 356 g/mol. The molecule has 1 aromatic rings. The summed E-state index contributed by atoms with van der Waals surface area (Å²) in [5, 5.41) is 12.5. The van der Waals surface area contributed by atoms with Gasteiger partial charge in [0.2, 0.25) is 15.8 Å². The van der Waals surface area contributed by atoms with E-state index in [1.54, 1.807) is 0 Å². The molecule has 0 saturated heterocycles. The SMILES string of the molecule is N=C1C(=O)C(S(N)(=O)=O)=CC=C1NS(=O)(=O)c1ccc(N)cc1. The number of sulfonamides is 2. The van der Waals surface area contributed by atoms with Gasteiger partial charge in [-0.3, -0.25) is 14.9 Å². The molecule has 1 aliphatic carbocycles. The number of allylic oxidation sites excluding steroid dienone is 4. The fraction of sp³-hybridized carbons (Fsp3) is 0. The molecule has 6 N–H and O–H groups in total. The molecule has 0 radical (unpaired) electrons. The first-order valence-corrected chi connectivity index (χ1v) is 9.02. The van der Waals surface area contributed by atoms with Crippen LogP contribution >= 0.6 is 0 Å². The fourth-order valence-electron chi connectivity index (χ4n) is 1.72. The normalized spacial score (nSPS) is 15.9. The number of Topliss-reactive ketones (excluding diaryl/α,β-unsaturated/α-hetero) is 1. The molecule has 0 unspecified atom stereocenters. The van der Waals surface area contributed by atoms with Gasteiger partial charge in [-0.2, -0.15) is 0 Å². The van der Waals surface area contributed by atoms with Crippen molar-refractivity contribution in [1.82, 2.24) is 4.72 Å². The van der Waals surface area contributed by atoms with Crippen LogP contribution in [0.2, 0.25) is 0 Å². The van der Waals surface area contributed by atoms with Crippen LogP contribution < -0.4 is 15.6 Å². The standard InChI is InChI=1S/C12H12N4O5S2/c13-7-1-3-8(4-2-7)23(20,21)16-9-5-6-10(22(15,18)19)12(17)11(9)14/h1-6,14,16H,13H2,(H2,15,18,19). The van der Waals surface area contributed by atoms with Crippen molar-refractivity contribution in [2.45, 2.75) is 4.90 Å². The van der Waals surface area contributed by atoms with E-state index in [1.165, 1.54) is 24.3 Å². The van der Waals surface area contributed by atoms with E-state index in [4.69, 9.17) is 16.3 Å². The minimum absolute atomic E-state index is 0.130. The number of hydrogen-bond donors (Lipinski definition) is 4. The zero-order valence-electron chi connectivity index (χ0n) is 11.5. The van der Waals surface area contributed by atoms with Crippen molar-refractivity contribution in [2.75, 3.05) is 5.73 Å². The molecule has 0 aromatic heterocycles. The first-order chi connectivity index (χ1) is 10.5. The highest BCUT2D eigenvalue weighted by Crippen LogP contribution is 2.17. The molecular formula is C12H12N4O5S2. The molecule has 0 heterocycles. The molecule has 0 spiro atoms. The predicted molar refractivity (Wildman–Crippen MR) is 83.2 cm³/mol. The van der Waals surface area contributed by atoms with Crippen molar-refractivity contribution in [3.63, 3.8) is 0 Å². The molecule has 0 atom stereocenters. The molecule has 0 fully saturated rings. The van der Waals surface area contributed by atoms with Crippen LogP contribution in [0.1, 0.15) is 0 Å². The van der Waals surface area contributed by atoms with Crippen molar-refractivity contribution < 1.29 is 21.6 Å². The molecule has 0 saturated carbocycles. The first kappa shape index (κ1) is 16.9. The summed E-state index contributed by atoms with van der Waals surface area (Å²) in [5.41, 5.74) is 4.65. The van der Waals surface area contributed by atoms with E-state index >= 15 is 0 Å². The van der Waals surface area contributed by atoms with Crippen LogP contribution in [0, 0.1) is 5.41 Å². The quantitative estimate of drug-likeness (QED) is 0.406. The molecular weight excluding hydrogens is 344 g/mol. The molecule has 2 rings (SSSR count).